The number of aliphatic hydroxyl groups is 2. The van der Waals surface area contributed by atoms with E-state index in [9.17, 15) is 19.8 Å². The number of esters is 1. The Kier molecular flexibility index (Phi) is 80.3. The van der Waals surface area contributed by atoms with E-state index >= 15 is 0 Å². The molecule has 0 saturated carbocycles. The normalized spacial score (nSPS) is 12.4. The highest BCUT2D eigenvalue weighted by Crippen LogP contribution is 2.21. The molecule has 544 valence electrons. The van der Waals surface area contributed by atoms with Crippen LogP contribution in [0.2, 0.25) is 0 Å². The molecule has 6 heteroatoms. The highest BCUT2D eigenvalue weighted by atomic mass is 16.5. The lowest BCUT2D eigenvalue weighted by Gasteiger charge is -2.22. The van der Waals surface area contributed by atoms with E-state index in [1.807, 2.05) is 0 Å². The van der Waals surface area contributed by atoms with Crippen LogP contribution in [0.1, 0.15) is 508 Å². The van der Waals surface area contributed by atoms with Crippen molar-refractivity contribution in [3.63, 3.8) is 0 Å². The van der Waals surface area contributed by atoms with E-state index in [4.69, 9.17) is 4.74 Å². The van der Waals surface area contributed by atoms with Gasteiger partial charge < -0.3 is 20.3 Å². The van der Waals surface area contributed by atoms with Crippen molar-refractivity contribution in [1.82, 2.24) is 5.32 Å². The Morgan fingerprint density at radius 3 is 0.670 bits per heavy atom. The van der Waals surface area contributed by atoms with Crippen molar-refractivity contribution in [2.75, 3.05) is 13.2 Å². The third-order valence-electron chi connectivity index (χ3n) is 20.7. The Balaban J connectivity index is 3.31. The third-order valence-corrected chi connectivity index (χ3v) is 20.7. The molecule has 0 aliphatic heterocycles. The summed E-state index contributed by atoms with van der Waals surface area (Å²) in [5, 5.41) is 23.5. The van der Waals surface area contributed by atoms with Gasteiger partial charge in [0.1, 0.15) is 0 Å². The molecule has 0 aromatic heterocycles. The van der Waals surface area contributed by atoms with Gasteiger partial charge in [-0.15, -0.1) is 0 Å². The van der Waals surface area contributed by atoms with Crippen molar-refractivity contribution < 1.29 is 24.5 Å². The van der Waals surface area contributed by atoms with Gasteiger partial charge in [-0.2, -0.15) is 0 Å². The van der Waals surface area contributed by atoms with E-state index in [1.165, 1.54) is 437 Å². The fourth-order valence-electron chi connectivity index (χ4n) is 14.2. The molecule has 0 spiro atoms. The van der Waals surface area contributed by atoms with Crippen LogP contribution in [0.25, 0.3) is 0 Å². The topological polar surface area (TPSA) is 95.9 Å². The largest absolute Gasteiger partial charge is 0.466 e. The fourth-order valence-corrected chi connectivity index (χ4v) is 14.2. The Morgan fingerprint density at radius 1 is 0.264 bits per heavy atom. The summed E-state index contributed by atoms with van der Waals surface area (Å²) in [6.45, 7) is 5.03. The van der Waals surface area contributed by atoms with E-state index < -0.39 is 12.1 Å². The maximum Gasteiger partial charge on any atom is 0.305 e. The maximum atomic E-state index is 12.6. The molecular weight excluding hydrogens is 1110 g/mol. The molecule has 0 saturated heterocycles. The molecule has 3 N–H and O–H groups in total. The van der Waals surface area contributed by atoms with Crippen LogP contribution >= 0.6 is 0 Å². The second kappa shape index (κ2) is 81.3. The predicted molar refractivity (Wildman–Crippen MR) is 403 cm³/mol. The van der Waals surface area contributed by atoms with Crippen LogP contribution in [0.3, 0.4) is 0 Å². The second-order valence-electron chi connectivity index (χ2n) is 29.9. The minimum absolute atomic E-state index is 0.0237. The Hall–Kier alpha value is -1.14. The first-order valence-electron chi connectivity index (χ1n) is 42.8. The SMILES string of the molecule is CCCCCCCCCCCCCCCCCCCCCCCCCCC(O)C(CO)NC(=O)CCCCCCCCCCCCCCCCCCCCCCCCCCCCCCCCCOC(=O)CCCCCCCCCCCCCCCCCCCCC. The standard InChI is InChI=1S/C85H169NO5/c1-3-5-7-9-11-13-15-17-19-21-23-24-25-35-38-42-45-49-53-57-61-65-69-73-77-83(88)82(81-87)86-84(89)78-74-70-66-62-58-54-50-46-43-39-36-33-31-29-27-26-28-30-32-34-37-40-44-48-52-56-60-64-68-72-76-80-91-85(90)79-75-71-67-63-59-55-51-47-41-22-20-18-16-14-12-10-8-6-4-2/h82-83,87-88H,3-81H2,1-2H3,(H,86,89). The second-order valence-corrected chi connectivity index (χ2v) is 29.9. The van der Waals surface area contributed by atoms with Gasteiger partial charge in [-0.3, -0.25) is 9.59 Å². The van der Waals surface area contributed by atoms with Crippen molar-refractivity contribution in [3.8, 4) is 0 Å². The van der Waals surface area contributed by atoms with Gasteiger partial charge in [-0.1, -0.05) is 470 Å². The number of unbranched alkanes of at least 4 members (excludes halogenated alkanes) is 71. The van der Waals surface area contributed by atoms with Gasteiger partial charge in [0.25, 0.3) is 0 Å². The minimum Gasteiger partial charge on any atom is -0.466 e. The average molecular weight is 1290 g/mol. The summed E-state index contributed by atoms with van der Waals surface area (Å²) < 4.78 is 5.53. The zero-order valence-electron chi connectivity index (χ0n) is 62.6. The van der Waals surface area contributed by atoms with Crippen LogP contribution in [-0.4, -0.2) is 47.4 Å². The number of nitrogens with one attached hydrogen (secondary N) is 1. The number of carbonyl (C=O) groups excluding carboxylic acids is 2. The lowest BCUT2D eigenvalue weighted by Crippen LogP contribution is -2.45. The number of hydrogen-bond donors (Lipinski definition) is 3. The van der Waals surface area contributed by atoms with E-state index in [1.54, 1.807) is 0 Å². The lowest BCUT2D eigenvalue weighted by atomic mass is 10.0. The van der Waals surface area contributed by atoms with Crippen LogP contribution < -0.4 is 5.32 Å². The van der Waals surface area contributed by atoms with Gasteiger partial charge in [0.15, 0.2) is 0 Å². The average Bonchev–Trinajstić information content (AvgIpc) is 3.60. The molecular formula is C85H169NO5. The number of hydrogen-bond acceptors (Lipinski definition) is 5. The smallest absolute Gasteiger partial charge is 0.305 e. The molecule has 0 radical (unpaired) electrons. The van der Waals surface area contributed by atoms with Gasteiger partial charge in [-0.05, 0) is 25.7 Å². The summed E-state index contributed by atoms with van der Waals surface area (Å²) in [6.07, 6.45) is 102. The van der Waals surface area contributed by atoms with Crippen molar-refractivity contribution in [3.05, 3.63) is 0 Å². The van der Waals surface area contributed by atoms with E-state index in [-0.39, 0.29) is 18.5 Å². The zero-order valence-corrected chi connectivity index (χ0v) is 62.6. The number of ether oxygens (including phenoxy) is 1. The maximum absolute atomic E-state index is 12.6. The molecule has 1 amide bonds. The van der Waals surface area contributed by atoms with E-state index in [0.717, 1.165) is 38.5 Å². The summed E-state index contributed by atoms with van der Waals surface area (Å²) in [5.41, 5.74) is 0. The Morgan fingerprint density at radius 2 is 0.451 bits per heavy atom. The van der Waals surface area contributed by atoms with E-state index in [2.05, 4.69) is 19.2 Å². The third kappa shape index (κ3) is 77.7. The molecule has 91 heavy (non-hydrogen) atoms. The molecule has 2 unspecified atom stereocenters. The molecule has 0 aromatic carbocycles. The summed E-state index contributed by atoms with van der Waals surface area (Å²) in [5.74, 6) is 0.00364. The molecule has 0 aliphatic rings. The predicted octanol–water partition coefficient (Wildman–Crippen LogP) is 28.4. The molecule has 0 fully saturated rings. The van der Waals surface area contributed by atoms with Gasteiger partial charge in [0.2, 0.25) is 5.91 Å². The zero-order chi connectivity index (χ0) is 65.6. The van der Waals surface area contributed by atoms with Gasteiger partial charge in [0.05, 0.1) is 25.4 Å². The number of aliphatic hydroxyl groups excluding tert-OH is 2. The molecule has 0 rings (SSSR count). The fraction of sp³-hybridized carbons (Fsp3) is 0.976. The summed E-state index contributed by atoms with van der Waals surface area (Å²) in [7, 11) is 0. The highest BCUT2D eigenvalue weighted by Gasteiger charge is 2.20. The monoisotopic (exact) mass is 1280 g/mol. The Labute approximate surface area is 572 Å². The molecule has 2 atom stereocenters. The number of carbonyl (C=O) groups is 2. The highest BCUT2D eigenvalue weighted by molar-refractivity contribution is 5.76. The first-order valence-corrected chi connectivity index (χ1v) is 42.8. The quantitative estimate of drug-likeness (QED) is 0.0417. The van der Waals surface area contributed by atoms with E-state index in [0.29, 0.717) is 25.9 Å². The first-order chi connectivity index (χ1) is 45.0. The minimum atomic E-state index is -0.662. The Bertz CT molecular complexity index is 1340. The van der Waals surface area contributed by atoms with Gasteiger partial charge in [0, 0.05) is 12.8 Å². The van der Waals surface area contributed by atoms with Crippen molar-refractivity contribution >= 4 is 11.9 Å². The van der Waals surface area contributed by atoms with Crippen LogP contribution in [0, 0.1) is 0 Å². The number of rotatable bonds is 82. The molecule has 0 heterocycles. The van der Waals surface area contributed by atoms with Crippen LogP contribution in [-0.2, 0) is 14.3 Å². The van der Waals surface area contributed by atoms with Crippen LogP contribution in [0.15, 0.2) is 0 Å². The first kappa shape index (κ1) is 89.9. The lowest BCUT2D eigenvalue weighted by molar-refractivity contribution is -0.143. The molecule has 6 nitrogen and oxygen atoms in total. The summed E-state index contributed by atoms with van der Waals surface area (Å²) >= 11 is 0. The van der Waals surface area contributed by atoms with Crippen molar-refractivity contribution in [2.45, 2.75) is 520 Å². The summed E-state index contributed by atoms with van der Waals surface area (Å²) in [6, 6.07) is -0.539. The molecule has 0 aromatic rings. The van der Waals surface area contributed by atoms with Gasteiger partial charge >= 0.3 is 5.97 Å². The number of amides is 1. The molecule has 0 bridgehead atoms. The van der Waals surface area contributed by atoms with Crippen LogP contribution in [0.4, 0.5) is 0 Å². The molecule has 0 aliphatic carbocycles. The van der Waals surface area contributed by atoms with Gasteiger partial charge in [-0.25, -0.2) is 0 Å². The summed E-state index contributed by atoms with van der Waals surface area (Å²) in [4.78, 5) is 24.7. The van der Waals surface area contributed by atoms with Crippen LogP contribution in [0.5, 0.6) is 0 Å². The van der Waals surface area contributed by atoms with Crippen molar-refractivity contribution in [2.24, 2.45) is 0 Å². The van der Waals surface area contributed by atoms with Crippen molar-refractivity contribution in [1.29, 1.82) is 0 Å².